The molecular weight excluding hydrogens is 224 g/mol. The lowest BCUT2D eigenvalue weighted by atomic mass is 10.1. The van der Waals surface area contributed by atoms with Gasteiger partial charge in [0.05, 0.1) is 6.20 Å². The predicted octanol–water partition coefficient (Wildman–Crippen LogP) is 2.77. The van der Waals surface area contributed by atoms with E-state index in [1.54, 1.807) is 20.0 Å². The highest BCUT2D eigenvalue weighted by Crippen LogP contribution is 2.23. The average Bonchev–Trinajstić information content (AvgIpc) is 2.33. The van der Waals surface area contributed by atoms with Gasteiger partial charge in [-0.2, -0.15) is 0 Å². The number of rotatable bonds is 2. The second-order valence-electron chi connectivity index (χ2n) is 3.60. The number of halogens is 2. The smallest absolute Gasteiger partial charge is 0.223 e. The Morgan fingerprint density at radius 2 is 1.94 bits per heavy atom. The first-order valence-electron chi connectivity index (χ1n) is 5.08. The Kier molecular flexibility index (Phi) is 2.99. The van der Waals surface area contributed by atoms with Crippen molar-refractivity contribution < 1.29 is 8.78 Å². The van der Waals surface area contributed by atoms with Crippen molar-refractivity contribution in [1.29, 1.82) is 0 Å². The summed E-state index contributed by atoms with van der Waals surface area (Å²) in [6, 6.07) is 4.35. The van der Waals surface area contributed by atoms with Crippen LogP contribution in [0, 0.1) is 18.6 Å². The van der Waals surface area contributed by atoms with E-state index in [-0.39, 0.29) is 11.5 Å². The SMILES string of the molecule is CNc1ncc(F)c(-c2ccc(F)c(C)c2)n1. The third-order valence-corrected chi connectivity index (χ3v) is 2.40. The molecule has 88 valence electrons. The second-order valence-corrected chi connectivity index (χ2v) is 3.60. The number of aromatic nitrogens is 2. The summed E-state index contributed by atoms with van der Waals surface area (Å²) in [6.45, 7) is 1.62. The predicted molar refractivity (Wildman–Crippen MR) is 61.7 cm³/mol. The maximum Gasteiger partial charge on any atom is 0.223 e. The van der Waals surface area contributed by atoms with E-state index in [0.29, 0.717) is 17.1 Å². The van der Waals surface area contributed by atoms with Gasteiger partial charge in [0.25, 0.3) is 0 Å². The van der Waals surface area contributed by atoms with Crippen molar-refractivity contribution in [2.45, 2.75) is 6.92 Å². The van der Waals surface area contributed by atoms with Crippen LogP contribution < -0.4 is 5.32 Å². The molecule has 5 heteroatoms. The first kappa shape index (κ1) is 11.4. The van der Waals surface area contributed by atoms with Gasteiger partial charge in [-0.1, -0.05) is 0 Å². The largest absolute Gasteiger partial charge is 0.357 e. The molecule has 0 atom stereocenters. The van der Waals surface area contributed by atoms with Gasteiger partial charge in [0.2, 0.25) is 5.95 Å². The molecule has 0 saturated heterocycles. The lowest BCUT2D eigenvalue weighted by Gasteiger charge is -2.06. The molecule has 0 aliphatic heterocycles. The molecule has 0 radical (unpaired) electrons. The van der Waals surface area contributed by atoms with E-state index < -0.39 is 5.82 Å². The van der Waals surface area contributed by atoms with Crippen LogP contribution in [0.25, 0.3) is 11.3 Å². The fraction of sp³-hybridized carbons (Fsp3) is 0.167. The summed E-state index contributed by atoms with van der Waals surface area (Å²) in [7, 11) is 1.65. The Bertz CT molecular complexity index is 555. The number of aryl methyl sites for hydroxylation is 1. The van der Waals surface area contributed by atoms with Crippen molar-refractivity contribution in [2.24, 2.45) is 0 Å². The summed E-state index contributed by atoms with van der Waals surface area (Å²) < 4.78 is 26.7. The number of anilines is 1. The van der Waals surface area contributed by atoms with Gasteiger partial charge in [-0.05, 0) is 30.7 Å². The van der Waals surface area contributed by atoms with Crippen LogP contribution in [0.5, 0.6) is 0 Å². The first-order chi connectivity index (χ1) is 8.11. The zero-order chi connectivity index (χ0) is 12.4. The molecule has 3 nitrogen and oxygen atoms in total. The molecule has 0 bridgehead atoms. The molecule has 0 amide bonds. The second kappa shape index (κ2) is 4.45. The highest BCUT2D eigenvalue weighted by atomic mass is 19.1. The number of benzene rings is 1. The molecule has 0 spiro atoms. The standard InChI is InChI=1S/C12H11F2N3/c1-7-5-8(3-4-9(7)13)11-10(14)6-16-12(15-2)17-11/h3-6H,1-2H3,(H,15,16,17). The summed E-state index contributed by atoms with van der Waals surface area (Å²) >= 11 is 0. The highest BCUT2D eigenvalue weighted by Gasteiger charge is 2.10. The Morgan fingerprint density at radius 1 is 1.18 bits per heavy atom. The minimum Gasteiger partial charge on any atom is -0.357 e. The molecule has 17 heavy (non-hydrogen) atoms. The minimum atomic E-state index is -0.532. The molecule has 2 aromatic rings. The van der Waals surface area contributed by atoms with Crippen molar-refractivity contribution in [3.63, 3.8) is 0 Å². The van der Waals surface area contributed by atoms with Crippen LogP contribution in [0.2, 0.25) is 0 Å². The summed E-state index contributed by atoms with van der Waals surface area (Å²) in [5.74, 6) is -0.532. The van der Waals surface area contributed by atoms with Crippen LogP contribution in [0.3, 0.4) is 0 Å². The molecule has 0 aliphatic carbocycles. The zero-order valence-electron chi connectivity index (χ0n) is 9.46. The van der Waals surface area contributed by atoms with Crippen LogP contribution >= 0.6 is 0 Å². The molecule has 1 aromatic heterocycles. The molecule has 0 fully saturated rings. The van der Waals surface area contributed by atoms with Crippen LogP contribution in [0.1, 0.15) is 5.56 Å². The van der Waals surface area contributed by atoms with Crippen molar-refractivity contribution in [2.75, 3.05) is 12.4 Å². The molecule has 1 aromatic carbocycles. The number of hydrogen-bond acceptors (Lipinski definition) is 3. The van der Waals surface area contributed by atoms with E-state index in [1.165, 1.54) is 12.1 Å². The zero-order valence-corrected chi connectivity index (χ0v) is 9.46. The van der Waals surface area contributed by atoms with E-state index in [2.05, 4.69) is 15.3 Å². The Balaban J connectivity index is 2.55. The number of nitrogens with one attached hydrogen (secondary N) is 1. The number of hydrogen-bond donors (Lipinski definition) is 1. The minimum absolute atomic E-state index is 0.160. The summed E-state index contributed by atoms with van der Waals surface area (Å²) in [4.78, 5) is 7.76. The van der Waals surface area contributed by atoms with E-state index in [9.17, 15) is 8.78 Å². The fourth-order valence-corrected chi connectivity index (χ4v) is 1.48. The van der Waals surface area contributed by atoms with E-state index in [4.69, 9.17) is 0 Å². The number of nitrogens with zero attached hydrogens (tertiary/aromatic N) is 2. The first-order valence-corrected chi connectivity index (χ1v) is 5.08. The van der Waals surface area contributed by atoms with Crippen molar-refractivity contribution in [3.8, 4) is 11.3 Å². The highest BCUT2D eigenvalue weighted by molar-refractivity contribution is 5.61. The van der Waals surface area contributed by atoms with Gasteiger partial charge in [0, 0.05) is 12.6 Å². The van der Waals surface area contributed by atoms with E-state index in [1.807, 2.05) is 0 Å². The maximum absolute atomic E-state index is 13.6. The van der Waals surface area contributed by atoms with Gasteiger partial charge in [-0.25, -0.2) is 18.7 Å². The van der Waals surface area contributed by atoms with Gasteiger partial charge in [0.1, 0.15) is 11.5 Å². The van der Waals surface area contributed by atoms with Crippen LogP contribution in [0.15, 0.2) is 24.4 Å². The van der Waals surface area contributed by atoms with Gasteiger partial charge >= 0.3 is 0 Å². The van der Waals surface area contributed by atoms with E-state index in [0.717, 1.165) is 6.20 Å². The normalized spacial score (nSPS) is 10.4. The van der Waals surface area contributed by atoms with Crippen LogP contribution in [-0.2, 0) is 0 Å². The van der Waals surface area contributed by atoms with Gasteiger partial charge in [-0.3, -0.25) is 0 Å². The third-order valence-electron chi connectivity index (χ3n) is 2.40. The quantitative estimate of drug-likeness (QED) is 0.869. The Hall–Kier alpha value is -2.04. The Labute approximate surface area is 97.5 Å². The molecule has 2 rings (SSSR count). The third kappa shape index (κ3) is 2.22. The topological polar surface area (TPSA) is 37.8 Å². The monoisotopic (exact) mass is 235 g/mol. The van der Waals surface area contributed by atoms with Crippen molar-refractivity contribution in [1.82, 2.24) is 9.97 Å². The summed E-state index contributed by atoms with van der Waals surface area (Å²) in [6.07, 6.45) is 1.09. The Morgan fingerprint density at radius 3 is 2.59 bits per heavy atom. The van der Waals surface area contributed by atoms with Crippen molar-refractivity contribution >= 4 is 5.95 Å². The lowest BCUT2D eigenvalue weighted by molar-refractivity contribution is 0.614. The van der Waals surface area contributed by atoms with Crippen molar-refractivity contribution in [3.05, 3.63) is 41.6 Å². The average molecular weight is 235 g/mol. The van der Waals surface area contributed by atoms with E-state index >= 15 is 0 Å². The molecule has 0 unspecified atom stereocenters. The van der Waals surface area contributed by atoms with Crippen LogP contribution in [0.4, 0.5) is 14.7 Å². The maximum atomic E-state index is 13.6. The van der Waals surface area contributed by atoms with Gasteiger partial charge in [-0.15, -0.1) is 0 Å². The lowest BCUT2D eigenvalue weighted by Crippen LogP contribution is -2.00. The van der Waals surface area contributed by atoms with Crippen LogP contribution in [-0.4, -0.2) is 17.0 Å². The molecule has 0 aliphatic rings. The summed E-state index contributed by atoms with van der Waals surface area (Å²) in [5.41, 5.74) is 1.14. The van der Waals surface area contributed by atoms with Gasteiger partial charge < -0.3 is 5.32 Å². The fourth-order valence-electron chi connectivity index (χ4n) is 1.48. The molecule has 1 N–H and O–H groups in total. The molecule has 1 heterocycles. The molecular formula is C12H11F2N3. The molecule has 0 saturated carbocycles. The summed E-state index contributed by atoms with van der Waals surface area (Å²) in [5, 5.41) is 2.73. The van der Waals surface area contributed by atoms with Gasteiger partial charge in [0.15, 0.2) is 5.82 Å².